The average molecular weight is 382 g/mol. The number of pyridine rings is 1. The number of aliphatic hydroxyl groups excluding tert-OH is 1. The molecule has 2 aromatic heterocycles. The molecule has 1 N–H and O–H groups in total. The zero-order valence-corrected chi connectivity index (χ0v) is 13.8. The molecule has 2 heterocycles. The van der Waals surface area contributed by atoms with E-state index in [0.29, 0.717) is 23.9 Å². The molecule has 0 bridgehead atoms. The van der Waals surface area contributed by atoms with Crippen molar-refractivity contribution < 1.29 is 27.5 Å². The van der Waals surface area contributed by atoms with Crippen LogP contribution in [-0.4, -0.2) is 27.1 Å². The summed E-state index contributed by atoms with van der Waals surface area (Å²) in [5.41, 5.74) is -1.44. The highest BCUT2D eigenvalue weighted by atomic mass is 19.4. The number of halogens is 4. The van der Waals surface area contributed by atoms with Gasteiger partial charge < -0.3 is 19.0 Å². The molecule has 0 fully saturated rings. The summed E-state index contributed by atoms with van der Waals surface area (Å²) in [7, 11) is 0. The van der Waals surface area contributed by atoms with Crippen molar-refractivity contribution in [2.24, 2.45) is 0 Å². The number of hydrogen-bond donors (Lipinski definition) is 1. The van der Waals surface area contributed by atoms with Gasteiger partial charge in [0.25, 0.3) is 5.56 Å². The molecule has 3 aromatic rings. The number of carbonyl (C=O) groups excluding carboxylic acids is 1. The summed E-state index contributed by atoms with van der Waals surface area (Å²) in [5, 5.41) is 9.30. The summed E-state index contributed by atoms with van der Waals surface area (Å²) in [6, 6.07) is 4.02. The third-order valence-corrected chi connectivity index (χ3v) is 4.20. The molecule has 0 aliphatic rings. The Kier molecular flexibility index (Phi) is 4.88. The van der Waals surface area contributed by atoms with Crippen molar-refractivity contribution >= 4 is 17.2 Å². The van der Waals surface area contributed by atoms with Gasteiger partial charge in [0.05, 0.1) is 29.6 Å². The maximum Gasteiger partial charge on any atom is 0.419 e. The first-order valence-corrected chi connectivity index (χ1v) is 7.92. The van der Waals surface area contributed by atoms with Gasteiger partial charge in [-0.2, -0.15) is 13.2 Å². The molecule has 0 spiro atoms. The Morgan fingerprint density at radius 3 is 2.52 bits per heavy atom. The third-order valence-electron chi connectivity index (χ3n) is 4.20. The number of aromatic nitrogens is 2. The summed E-state index contributed by atoms with van der Waals surface area (Å²) in [4.78, 5) is 23.5. The first-order chi connectivity index (χ1) is 12.8. The highest BCUT2D eigenvalue weighted by Crippen LogP contribution is 2.36. The van der Waals surface area contributed by atoms with E-state index in [2.05, 4.69) is 0 Å². The molecule has 0 radical (unpaired) electrons. The fraction of sp³-hybridized carbons (Fsp3) is 0.222. The Morgan fingerprint density at radius 1 is 1.15 bits per heavy atom. The number of fused-ring (bicyclic) bond motifs is 1. The average Bonchev–Trinajstić information content (AvgIpc) is 2.97. The molecule has 0 atom stereocenters. The number of nitrogens with zero attached hydrogens (tertiary/aromatic N) is 2. The molecule has 1 aromatic carbocycles. The predicted molar refractivity (Wildman–Crippen MR) is 89.7 cm³/mol. The largest absolute Gasteiger partial charge is 0.419 e. The van der Waals surface area contributed by atoms with E-state index in [9.17, 15) is 32.3 Å². The van der Waals surface area contributed by atoms with Crippen molar-refractivity contribution in [3.63, 3.8) is 0 Å². The minimum absolute atomic E-state index is 0.00590. The monoisotopic (exact) mass is 382 g/mol. The van der Waals surface area contributed by atoms with Crippen molar-refractivity contribution in [3.8, 4) is 11.1 Å². The van der Waals surface area contributed by atoms with Crippen LogP contribution in [0.2, 0.25) is 0 Å². The third kappa shape index (κ3) is 3.37. The van der Waals surface area contributed by atoms with E-state index in [-0.39, 0.29) is 36.2 Å². The molecule has 0 amide bonds. The number of carbonyl (C=O) groups is 1. The zero-order chi connectivity index (χ0) is 19.8. The van der Waals surface area contributed by atoms with Gasteiger partial charge in [-0.25, -0.2) is 4.39 Å². The lowest BCUT2D eigenvalue weighted by molar-refractivity contribution is -0.139. The maximum absolute atomic E-state index is 13.6. The molecule has 5 nitrogen and oxygen atoms in total. The van der Waals surface area contributed by atoms with Crippen LogP contribution in [0.15, 0.2) is 41.5 Å². The van der Waals surface area contributed by atoms with Gasteiger partial charge in [-0.3, -0.25) is 4.79 Å². The molecule has 0 saturated carbocycles. The van der Waals surface area contributed by atoms with Crippen molar-refractivity contribution in [2.45, 2.75) is 19.3 Å². The molecule has 3 rings (SSSR count). The van der Waals surface area contributed by atoms with E-state index < -0.39 is 23.1 Å². The lowest BCUT2D eigenvalue weighted by Gasteiger charge is -2.10. The van der Waals surface area contributed by atoms with Gasteiger partial charge in [0.15, 0.2) is 0 Å². The van der Waals surface area contributed by atoms with Gasteiger partial charge in [0, 0.05) is 24.5 Å². The van der Waals surface area contributed by atoms with E-state index in [0.717, 1.165) is 10.6 Å². The highest BCUT2D eigenvalue weighted by molar-refractivity contribution is 5.95. The second kappa shape index (κ2) is 6.99. The van der Waals surface area contributed by atoms with Crippen molar-refractivity contribution in [1.29, 1.82) is 0 Å². The molecule has 142 valence electrons. The van der Waals surface area contributed by atoms with E-state index in [1.807, 2.05) is 0 Å². The summed E-state index contributed by atoms with van der Waals surface area (Å²) in [5.74, 6) is -1.41. The summed E-state index contributed by atoms with van der Waals surface area (Å²) >= 11 is 0. The minimum atomic E-state index is -4.89. The van der Waals surface area contributed by atoms with Crippen LogP contribution < -0.4 is 5.56 Å². The quantitative estimate of drug-likeness (QED) is 0.545. The Balaban J connectivity index is 2.32. The second-order valence-electron chi connectivity index (χ2n) is 5.85. The van der Waals surface area contributed by atoms with Crippen LogP contribution in [0, 0.1) is 5.82 Å². The molecule has 27 heavy (non-hydrogen) atoms. The molecular formula is C18H14F4N2O3. The van der Waals surface area contributed by atoms with Gasteiger partial charge in [-0.1, -0.05) is 6.07 Å². The van der Waals surface area contributed by atoms with Crippen LogP contribution >= 0.6 is 0 Å². The summed E-state index contributed by atoms with van der Waals surface area (Å²) < 4.78 is 55.4. The van der Waals surface area contributed by atoms with Crippen molar-refractivity contribution in [3.05, 3.63) is 58.4 Å². The topological polar surface area (TPSA) is 64.2 Å². The Morgan fingerprint density at radius 2 is 1.89 bits per heavy atom. The molecule has 9 heteroatoms. The molecule has 0 saturated heterocycles. The normalized spacial score (nSPS) is 11.9. The summed E-state index contributed by atoms with van der Waals surface area (Å²) in [6.07, 6.45) is -1.54. The van der Waals surface area contributed by atoms with Crippen molar-refractivity contribution in [2.75, 3.05) is 6.61 Å². The molecule has 0 aliphatic carbocycles. The van der Waals surface area contributed by atoms with Gasteiger partial charge in [0.1, 0.15) is 12.1 Å². The first-order valence-electron chi connectivity index (χ1n) is 7.92. The fourth-order valence-corrected chi connectivity index (χ4v) is 2.99. The van der Waals surface area contributed by atoms with Gasteiger partial charge in [-0.05, 0) is 23.8 Å². The number of alkyl halides is 3. The summed E-state index contributed by atoms with van der Waals surface area (Å²) in [6.45, 7) is -0.352. The lowest BCUT2D eigenvalue weighted by Crippen LogP contribution is -2.20. The van der Waals surface area contributed by atoms with Crippen LogP contribution in [-0.2, 0) is 24.1 Å². The molecule has 0 unspecified atom stereocenters. The number of rotatable bonds is 5. The zero-order valence-electron chi connectivity index (χ0n) is 13.8. The molecular weight excluding hydrogens is 368 g/mol. The minimum Gasteiger partial charge on any atom is -0.395 e. The van der Waals surface area contributed by atoms with Crippen LogP contribution in [0.4, 0.5) is 17.6 Å². The number of aliphatic hydroxyl groups is 1. The van der Waals surface area contributed by atoms with E-state index in [4.69, 9.17) is 0 Å². The lowest BCUT2D eigenvalue weighted by atomic mass is 10.0. The van der Waals surface area contributed by atoms with Gasteiger partial charge >= 0.3 is 6.18 Å². The van der Waals surface area contributed by atoms with E-state index in [1.54, 1.807) is 0 Å². The Labute approximate surface area is 150 Å². The number of hydrogen-bond acceptors (Lipinski definition) is 3. The van der Waals surface area contributed by atoms with E-state index >= 15 is 0 Å². The SMILES string of the molecule is O=CCn1ccc2c(c(-c3ccc(F)c(C(F)(F)F)c3)cn2CCO)c1=O. The Bertz CT molecular complexity index is 1070. The van der Waals surface area contributed by atoms with E-state index in [1.165, 1.54) is 23.0 Å². The van der Waals surface area contributed by atoms with Gasteiger partial charge in [-0.15, -0.1) is 0 Å². The first kappa shape index (κ1) is 18.8. The van der Waals surface area contributed by atoms with Crippen LogP contribution in [0.5, 0.6) is 0 Å². The predicted octanol–water partition coefficient (Wildman–Crippen LogP) is 2.82. The highest BCUT2D eigenvalue weighted by Gasteiger charge is 2.34. The fourth-order valence-electron chi connectivity index (χ4n) is 2.99. The van der Waals surface area contributed by atoms with Crippen molar-refractivity contribution in [1.82, 2.24) is 9.13 Å². The van der Waals surface area contributed by atoms with Crippen LogP contribution in [0.3, 0.4) is 0 Å². The second-order valence-corrected chi connectivity index (χ2v) is 5.85. The van der Waals surface area contributed by atoms with Gasteiger partial charge in [0.2, 0.25) is 0 Å². The standard InChI is InChI=1S/C18H14F4N2O3/c19-14-2-1-11(9-13(14)18(20,21)22)12-10-24(6-8-26)15-3-4-23(5-7-25)17(27)16(12)15/h1-4,7,9-10,26H,5-6,8H2. The van der Waals surface area contributed by atoms with Crippen LogP contribution in [0.25, 0.3) is 22.0 Å². The number of aldehydes is 1. The van der Waals surface area contributed by atoms with Crippen LogP contribution in [0.1, 0.15) is 5.56 Å². The maximum atomic E-state index is 13.6. The smallest absolute Gasteiger partial charge is 0.395 e. The molecule has 0 aliphatic heterocycles. The Hall–Kier alpha value is -2.94. The number of benzene rings is 1.